The van der Waals surface area contributed by atoms with Crippen LogP contribution in [0, 0.1) is 5.82 Å². The van der Waals surface area contributed by atoms with Gasteiger partial charge in [-0.3, -0.25) is 0 Å². The van der Waals surface area contributed by atoms with E-state index in [4.69, 9.17) is 5.11 Å². The molecule has 82 valence electrons. The van der Waals surface area contributed by atoms with E-state index < -0.39 is 29.5 Å². The average molecular weight is 284 g/mol. The minimum atomic E-state index is -3.08. The monoisotopic (exact) mass is 283 g/mol. The van der Waals surface area contributed by atoms with Crippen LogP contribution in [0.25, 0.3) is 0 Å². The highest BCUT2D eigenvalue weighted by Crippen LogP contribution is 2.28. The van der Waals surface area contributed by atoms with E-state index in [9.17, 15) is 18.0 Å². The van der Waals surface area contributed by atoms with E-state index in [2.05, 4.69) is 20.9 Å². The van der Waals surface area contributed by atoms with Crippen LogP contribution >= 0.6 is 15.9 Å². The molecule has 1 rings (SSSR count). The van der Waals surface area contributed by atoms with Gasteiger partial charge >= 0.3 is 5.97 Å². The SMILES string of the molecule is O=C(O)c1ncc(F)c(CBr)c1C(F)F. The van der Waals surface area contributed by atoms with Gasteiger partial charge in [-0.25, -0.2) is 22.9 Å². The zero-order valence-corrected chi connectivity index (χ0v) is 8.76. The lowest BCUT2D eigenvalue weighted by atomic mass is 10.1. The van der Waals surface area contributed by atoms with Gasteiger partial charge in [0.25, 0.3) is 6.43 Å². The fourth-order valence-electron chi connectivity index (χ4n) is 1.08. The van der Waals surface area contributed by atoms with Gasteiger partial charge in [-0.05, 0) is 0 Å². The van der Waals surface area contributed by atoms with E-state index >= 15 is 0 Å². The molecule has 0 amide bonds. The maximum Gasteiger partial charge on any atom is 0.355 e. The summed E-state index contributed by atoms with van der Waals surface area (Å²) >= 11 is 2.82. The molecule has 1 aromatic rings. The molecule has 0 aromatic carbocycles. The number of hydrogen-bond acceptors (Lipinski definition) is 2. The summed E-state index contributed by atoms with van der Waals surface area (Å²) in [5, 5.41) is 8.40. The molecule has 0 unspecified atom stereocenters. The van der Waals surface area contributed by atoms with E-state index in [0.717, 1.165) is 0 Å². The van der Waals surface area contributed by atoms with Gasteiger partial charge in [0.2, 0.25) is 0 Å². The fraction of sp³-hybridized carbons (Fsp3) is 0.250. The molecule has 0 aliphatic carbocycles. The molecular formula is C8H5BrF3NO2. The Labute approximate surface area is 91.1 Å². The van der Waals surface area contributed by atoms with Crippen molar-refractivity contribution in [1.29, 1.82) is 0 Å². The van der Waals surface area contributed by atoms with Crippen LogP contribution in [-0.4, -0.2) is 16.1 Å². The number of carbonyl (C=O) groups is 1. The average Bonchev–Trinajstić information content (AvgIpc) is 2.16. The number of halogens is 4. The van der Waals surface area contributed by atoms with Crippen LogP contribution < -0.4 is 0 Å². The van der Waals surface area contributed by atoms with Crippen molar-refractivity contribution < 1.29 is 23.1 Å². The Morgan fingerprint density at radius 3 is 2.60 bits per heavy atom. The van der Waals surface area contributed by atoms with E-state index in [1.807, 2.05) is 0 Å². The van der Waals surface area contributed by atoms with Gasteiger partial charge in [-0.15, -0.1) is 0 Å². The molecule has 7 heteroatoms. The molecule has 0 saturated carbocycles. The summed E-state index contributed by atoms with van der Waals surface area (Å²) in [6.45, 7) is 0. The summed E-state index contributed by atoms with van der Waals surface area (Å²) in [6.07, 6.45) is -2.46. The highest BCUT2D eigenvalue weighted by atomic mass is 79.9. The second-order valence-electron chi connectivity index (χ2n) is 2.59. The van der Waals surface area contributed by atoms with E-state index in [1.165, 1.54) is 0 Å². The smallest absolute Gasteiger partial charge is 0.355 e. The summed E-state index contributed by atoms with van der Waals surface area (Å²) < 4.78 is 38.1. The number of rotatable bonds is 3. The molecule has 0 atom stereocenters. The van der Waals surface area contributed by atoms with Crippen LogP contribution in [0.1, 0.15) is 28.0 Å². The van der Waals surface area contributed by atoms with Crippen LogP contribution in [-0.2, 0) is 5.33 Å². The lowest BCUT2D eigenvalue weighted by Gasteiger charge is -2.09. The minimum Gasteiger partial charge on any atom is -0.476 e. The molecule has 0 fully saturated rings. The molecule has 3 nitrogen and oxygen atoms in total. The number of aromatic carboxylic acids is 1. The van der Waals surface area contributed by atoms with Crippen molar-refractivity contribution in [2.45, 2.75) is 11.8 Å². The predicted octanol–water partition coefficient (Wildman–Crippen LogP) is 2.75. The van der Waals surface area contributed by atoms with E-state index in [-0.39, 0.29) is 10.9 Å². The number of alkyl halides is 3. The van der Waals surface area contributed by atoms with Crippen molar-refractivity contribution in [1.82, 2.24) is 4.98 Å². The summed E-state index contributed by atoms with van der Waals surface area (Å²) in [5.74, 6) is -2.56. The molecule has 0 radical (unpaired) electrons. The van der Waals surface area contributed by atoms with Crippen molar-refractivity contribution in [2.24, 2.45) is 0 Å². The van der Waals surface area contributed by atoms with Gasteiger partial charge < -0.3 is 5.11 Å². The third kappa shape index (κ3) is 2.28. The third-order valence-corrected chi connectivity index (χ3v) is 2.29. The van der Waals surface area contributed by atoms with E-state index in [1.54, 1.807) is 0 Å². The maximum atomic E-state index is 13.0. The van der Waals surface area contributed by atoms with Gasteiger partial charge in [-0.2, -0.15) is 0 Å². The molecule has 0 aliphatic rings. The number of carboxylic acid groups (broad SMARTS) is 1. The molecule has 1 aromatic heterocycles. The normalized spacial score (nSPS) is 10.7. The Morgan fingerprint density at radius 2 is 2.20 bits per heavy atom. The molecular weight excluding hydrogens is 279 g/mol. The Balaban J connectivity index is 3.49. The second kappa shape index (κ2) is 4.61. The number of pyridine rings is 1. The Bertz CT molecular complexity index is 398. The first-order chi connectivity index (χ1) is 6.99. The van der Waals surface area contributed by atoms with Crippen LogP contribution in [0.3, 0.4) is 0 Å². The molecule has 1 heterocycles. The minimum absolute atomic E-state index is 0.193. The number of nitrogens with zero attached hydrogens (tertiary/aromatic N) is 1. The molecule has 0 spiro atoms. The van der Waals surface area contributed by atoms with Gasteiger partial charge in [0.15, 0.2) is 5.69 Å². The first-order valence-electron chi connectivity index (χ1n) is 3.73. The van der Waals surface area contributed by atoms with Crippen molar-refractivity contribution >= 4 is 21.9 Å². The molecule has 1 N–H and O–H groups in total. The summed E-state index contributed by atoms with van der Waals surface area (Å²) in [6, 6.07) is 0. The number of hydrogen-bond donors (Lipinski definition) is 1. The Morgan fingerprint density at radius 1 is 1.60 bits per heavy atom. The number of aromatic nitrogens is 1. The second-order valence-corrected chi connectivity index (χ2v) is 3.15. The van der Waals surface area contributed by atoms with Gasteiger partial charge in [0.05, 0.1) is 11.8 Å². The molecule has 15 heavy (non-hydrogen) atoms. The lowest BCUT2D eigenvalue weighted by Crippen LogP contribution is -2.10. The first-order valence-corrected chi connectivity index (χ1v) is 4.85. The first kappa shape index (κ1) is 12.0. The molecule has 0 saturated heterocycles. The Hall–Kier alpha value is -1.11. The summed E-state index contributed by atoms with van der Waals surface area (Å²) in [7, 11) is 0. The third-order valence-electron chi connectivity index (χ3n) is 1.73. The summed E-state index contributed by atoms with van der Waals surface area (Å²) in [5.41, 5.74) is -2.07. The predicted molar refractivity (Wildman–Crippen MR) is 48.7 cm³/mol. The zero-order chi connectivity index (χ0) is 11.6. The number of carboxylic acids is 1. The van der Waals surface area contributed by atoms with Crippen molar-refractivity contribution in [3.63, 3.8) is 0 Å². The highest BCUT2D eigenvalue weighted by Gasteiger charge is 2.25. The lowest BCUT2D eigenvalue weighted by molar-refractivity contribution is 0.0676. The zero-order valence-electron chi connectivity index (χ0n) is 7.18. The molecule has 0 bridgehead atoms. The van der Waals surface area contributed by atoms with Crippen LogP contribution in [0.2, 0.25) is 0 Å². The van der Waals surface area contributed by atoms with E-state index in [0.29, 0.717) is 6.20 Å². The maximum absolute atomic E-state index is 13.0. The molecule has 0 aliphatic heterocycles. The largest absolute Gasteiger partial charge is 0.476 e. The Kier molecular flexibility index (Phi) is 3.67. The van der Waals surface area contributed by atoms with Gasteiger partial charge in [0, 0.05) is 10.9 Å². The fourth-order valence-corrected chi connectivity index (χ4v) is 1.65. The van der Waals surface area contributed by atoms with Gasteiger partial charge in [0.1, 0.15) is 5.82 Å². The summed E-state index contributed by atoms with van der Waals surface area (Å²) in [4.78, 5) is 13.7. The topological polar surface area (TPSA) is 50.2 Å². The van der Waals surface area contributed by atoms with Gasteiger partial charge in [-0.1, -0.05) is 15.9 Å². The van der Waals surface area contributed by atoms with Crippen molar-refractivity contribution in [3.8, 4) is 0 Å². The van der Waals surface area contributed by atoms with Crippen LogP contribution in [0.4, 0.5) is 13.2 Å². The van der Waals surface area contributed by atoms with Crippen molar-refractivity contribution in [3.05, 3.63) is 28.8 Å². The van der Waals surface area contributed by atoms with Crippen molar-refractivity contribution in [2.75, 3.05) is 0 Å². The van der Waals surface area contributed by atoms with Crippen LogP contribution in [0.15, 0.2) is 6.20 Å². The quantitative estimate of drug-likeness (QED) is 0.868. The highest BCUT2D eigenvalue weighted by molar-refractivity contribution is 9.08. The van der Waals surface area contributed by atoms with Crippen LogP contribution in [0.5, 0.6) is 0 Å². The standard InChI is InChI=1S/C8H5BrF3NO2/c9-1-3-4(10)2-13-6(8(14)15)5(3)7(11)12/h2,7H,1H2,(H,14,15).